The van der Waals surface area contributed by atoms with E-state index in [-0.39, 0.29) is 0 Å². The smallest absolute Gasteiger partial charge is 0.0920 e. The Labute approximate surface area is 137 Å². The number of rotatable bonds is 2. The molecule has 0 spiro atoms. The van der Waals surface area contributed by atoms with E-state index in [1.54, 1.807) is 0 Å². The third-order valence-corrected chi connectivity index (χ3v) is 5.87. The van der Waals surface area contributed by atoms with Gasteiger partial charge in [-0.25, -0.2) is 0 Å². The van der Waals surface area contributed by atoms with Crippen LogP contribution in [0.15, 0.2) is 46.4 Å². The summed E-state index contributed by atoms with van der Waals surface area (Å²) in [6.07, 6.45) is 0. The van der Waals surface area contributed by atoms with Gasteiger partial charge in [0.25, 0.3) is 0 Å². The number of fused-ring (bicyclic) bond motifs is 1. The van der Waals surface area contributed by atoms with Crippen LogP contribution in [0.5, 0.6) is 0 Å². The molecular formula is C18H16N2S2. The van der Waals surface area contributed by atoms with E-state index in [1.165, 1.54) is 30.6 Å². The van der Waals surface area contributed by atoms with Crippen LogP contribution in [-0.4, -0.2) is 13.1 Å². The number of hydrogen-bond acceptors (Lipinski definition) is 4. The van der Waals surface area contributed by atoms with Crippen molar-refractivity contribution < 1.29 is 0 Å². The molecular weight excluding hydrogens is 308 g/mol. The van der Waals surface area contributed by atoms with Gasteiger partial charge in [-0.3, -0.25) is 9.98 Å². The first-order valence-corrected chi connectivity index (χ1v) is 9.01. The Morgan fingerprint density at radius 1 is 0.682 bits per heavy atom. The summed E-state index contributed by atoms with van der Waals surface area (Å²) in [5.41, 5.74) is 2.43. The van der Waals surface area contributed by atoms with E-state index in [9.17, 15) is 0 Å². The van der Waals surface area contributed by atoms with Crippen molar-refractivity contribution in [1.29, 1.82) is 0 Å². The molecule has 0 fully saturated rings. The number of thiophene rings is 2. The molecule has 4 rings (SSSR count). The van der Waals surface area contributed by atoms with E-state index in [4.69, 9.17) is 9.98 Å². The fourth-order valence-electron chi connectivity index (χ4n) is 2.78. The highest BCUT2D eigenvalue weighted by Crippen LogP contribution is 2.28. The molecule has 1 aliphatic rings. The Morgan fingerprint density at radius 3 is 1.50 bits per heavy atom. The third kappa shape index (κ3) is 2.32. The Morgan fingerprint density at radius 2 is 1.14 bits per heavy atom. The topological polar surface area (TPSA) is 24.7 Å². The zero-order valence-corrected chi connectivity index (χ0v) is 14.2. The molecule has 0 atom stereocenters. The van der Waals surface area contributed by atoms with Gasteiger partial charge in [0.15, 0.2) is 0 Å². The van der Waals surface area contributed by atoms with Crippen molar-refractivity contribution in [2.24, 2.45) is 9.98 Å². The number of aryl methyl sites for hydroxylation is 2. The van der Waals surface area contributed by atoms with Crippen LogP contribution >= 0.6 is 22.7 Å². The van der Waals surface area contributed by atoms with Gasteiger partial charge in [0, 0.05) is 30.6 Å². The van der Waals surface area contributed by atoms with Crippen molar-refractivity contribution in [2.45, 2.75) is 13.8 Å². The van der Waals surface area contributed by atoms with Gasteiger partial charge >= 0.3 is 0 Å². The van der Waals surface area contributed by atoms with Crippen LogP contribution in [0.25, 0.3) is 20.9 Å². The van der Waals surface area contributed by atoms with E-state index >= 15 is 0 Å². The Bertz CT molecular complexity index is 884. The van der Waals surface area contributed by atoms with Gasteiger partial charge < -0.3 is 0 Å². The van der Waals surface area contributed by atoms with Crippen LogP contribution in [0.3, 0.4) is 0 Å². The summed E-state index contributed by atoms with van der Waals surface area (Å²) in [5.74, 6) is 0. The molecule has 0 N–H and O–H groups in total. The van der Waals surface area contributed by atoms with Crippen molar-refractivity contribution in [1.82, 2.24) is 0 Å². The number of nitrogens with zero attached hydrogens (tertiary/aromatic N) is 2. The molecule has 0 amide bonds. The Kier molecular flexibility index (Phi) is 3.43. The highest BCUT2D eigenvalue weighted by atomic mass is 32.1. The first kappa shape index (κ1) is 13.9. The molecule has 110 valence electrons. The average molecular weight is 324 g/mol. The Balaban J connectivity index is 1.99. The van der Waals surface area contributed by atoms with Crippen LogP contribution in [-0.2, 0) is 0 Å². The minimum absolute atomic E-state index is 0.789. The largest absolute Gasteiger partial charge is 0.280 e. The van der Waals surface area contributed by atoms with Crippen molar-refractivity contribution in [3.8, 4) is 20.9 Å². The van der Waals surface area contributed by atoms with E-state index in [0.29, 0.717) is 0 Å². The maximum Gasteiger partial charge on any atom is 0.0920 e. The standard InChI is InChI=1S/C18H16N2S2/c1-11-3-7-15(21-11)13-5-6-14(16-8-4-12(2)22-16)18-17(13)19-9-10-20-18/h3-8H,9-10H2,1-2H3. The van der Waals surface area contributed by atoms with Gasteiger partial charge in [0.05, 0.1) is 23.8 Å². The molecule has 0 radical (unpaired) electrons. The lowest BCUT2D eigenvalue weighted by atomic mass is 10.1. The molecule has 0 bridgehead atoms. The minimum atomic E-state index is 0.789. The lowest BCUT2D eigenvalue weighted by molar-refractivity contribution is 0.868. The third-order valence-electron chi connectivity index (χ3n) is 3.80. The maximum atomic E-state index is 4.79. The van der Waals surface area contributed by atoms with E-state index in [2.05, 4.69) is 50.2 Å². The molecule has 0 saturated heterocycles. The van der Waals surface area contributed by atoms with Crippen LogP contribution < -0.4 is 10.7 Å². The van der Waals surface area contributed by atoms with Crippen molar-refractivity contribution >= 4 is 22.7 Å². The molecule has 3 aromatic rings. The van der Waals surface area contributed by atoms with Crippen molar-refractivity contribution in [3.63, 3.8) is 0 Å². The summed E-state index contributed by atoms with van der Waals surface area (Å²) in [7, 11) is 0. The minimum Gasteiger partial charge on any atom is -0.280 e. The second-order valence-corrected chi connectivity index (χ2v) is 8.02. The molecule has 0 unspecified atom stereocenters. The second-order valence-electron chi connectivity index (χ2n) is 5.44. The summed E-state index contributed by atoms with van der Waals surface area (Å²) < 4.78 is 0. The fourth-order valence-corrected chi connectivity index (χ4v) is 4.57. The summed E-state index contributed by atoms with van der Waals surface area (Å²) in [5, 5.41) is 2.13. The van der Waals surface area contributed by atoms with Gasteiger partial charge in [-0.15, -0.1) is 22.7 Å². The molecule has 22 heavy (non-hydrogen) atoms. The highest BCUT2D eigenvalue weighted by Gasteiger charge is 2.13. The highest BCUT2D eigenvalue weighted by molar-refractivity contribution is 7.15. The predicted octanol–water partition coefficient (Wildman–Crippen LogP) is 4.01. The normalized spacial score (nSPS) is 13.4. The first-order valence-electron chi connectivity index (χ1n) is 7.38. The molecule has 0 saturated carbocycles. The lowest BCUT2D eigenvalue weighted by Crippen LogP contribution is -2.33. The molecule has 4 heteroatoms. The molecule has 2 aromatic heterocycles. The van der Waals surface area contributed by atoms with E-state index < -0.39 is 0 Å². The van der Waals surface area contributed by atoms with Crippen LogP contribution in [0.4, 0.5) is 0 Å². The Hall–Kier alpha value is -1.78. The van der Waals surface area contributed by atoms with Crippen LogP contribution in [0, 0.1) is 13.8 Å². The lowest BCUT2D eigenvalue weighted by Gasteiger charge is -2.08. The van der Waals surface area contributed by atoms with Crippen molar-refractivity contribution in [3.05, 3.63) is 56.9 Å². The summed E-state index contributed by atoms with van der Waals surface area (Å²) in [6, 6.07) is 13.1. The summed E-state index contributed by atoms with van der Waals surface area (Å²) >= 11 is 3.64. The van der Waals surface area contributed by atoms with Gasteiger partial charge in [-0.2, -0.15) is 0 Å². The molecule has 1 aromatic carbocycles. The zero-order chi connectivity index (χ0) is 15.1. The molecule has 3 heterocycles. The number of hydrogen-bond donors (Lipinski definition) is 0. The van der Waals surface area contributed by atoms with Crippen LogP contribution in [0.1, 0.15) is 9.75 Å². The van der Waals surface area contributed by atoms with Gasteiger partial charge in [0.1, 0.15) is 0 Å². The van der Waals surface area contributed by atoms with Crippen molar-refractivity contribution in [2.75, 3.05) is 13.1 Å². The predicted molar refractivity (Wildman–Crippen MR) is 94.6 cm³/mol. The zero-order valence-electron chi connectivity index (χ0n) is 12.6. The average Bonchev–Trinajstić information content (AvgIpc) is 3.15. The summed E-state index contributed by atoms with van der Waals surface area (Å²) in [4.78, 5) is 14.8. The molecule has 0 aliphatic carbocycles. The van der Waals surface area contributed by atoms with Crippen LogP contribution in [0.2, 0.25) is 0 Å². The first-order chi connectivity index (χ1) is 10.7. The molecule has 2 nitrogen and oxygen atoms in total. The van der Waals surface area contributed by atoms with Gasteiger partial charge in [-0.1, -0.05) is 12.1 Å². The monoisotopic (exact) mass is 324 g/mol. The number of benzene rings is 1. The maximum absolute atomic E-state index is 4.79. The fraction of sp³-hybridized carbons (Fsp3) is 0.222. The molecule has 1 aliphatic heterocycles. The second kappa shape index (κ2) is 5.45. The summed E-state index contributed by atoms with van der Waals surface area (Å²) in [6.45, 7) is 5.87. The van der Waals surface area contributed by atoms with Gasteiger partial charge in [-0.05, 0) is 38.1 Å². The quantitative estimate of drug-likeness (QED) is 0.680. The van der Waals surface area contributed by atoms with E-state index in [1.807, 2.05) is 22.7 Å². The SMILES string of the molecule is Cc1ccc(-c2ccc(-c3ccc(C)s3)c3c2=NCCN=3)s1. The van der Waals surface area contributed by atoms with E-state index in [0.717, 1.165) is 23.8 Å². The van der Waals surface area contributed by atoms with Gasteiger partial charge in [0.2, 0.25) is 0 Å².